The van der Waals surface area contributed by atoms with Crippen LogP contribution in [0, 0.1) is 0 Å². The van der Waals surface area contributed by atoms with Crippen LogP contribution in [0.4, 0.5) is 0 Å². The molecule has 0 saturated heterocycles. The molecule has 0 fully saturated rings. The molecule has 36 valence electrons. The number of hydrogen-bond donors (Lipinski definition) is 1. The summed E-state index contributed by atoms with van der Waals surface area (Å²) in [6.45, 7) is 0. The van der Waals surface area contributed by atoms with Gasteiger partial charge < -0.3 is 5.48 Å². The summed E-state index contributed by atoms with van der Waals surface area (Å²) in [7, 11) is 0. The molecule has 0 amide bonds. The van der Waals surface area contributed by atoms with E-state index in [1.54, 1.807) is 0 Å². The summed E-state index contributed by atoms with van der Waals surface area (Å²) < 4.78 is 0. The van der Waals surface area contributed by atoms with Gasteiger partial charge in [0.05, 0.1) is 6.20 Å². The van der Waals surface area contributed by atoms with Gasteiger partial charge in [-0.15, -0.1) is 5.10 Å². The minimum atomic E-state index is 0. The molecule has 7 heavy (non-hydrogen) atoms. The van der Waals surface area contributed by atoms with Gasteiger partial charge in [-0.05, 0) is 0 Å². The van der Waals surface area contributed by atoms with Crippen LogP contribution in [0.3, 0.4) is 0 Å². The Labute approximate surface area is 57.6 Å². The topological polar surface area (TPSA) is 59.9 Å². The van der Waals surface area contributed by atoms with E-state index in [0.29, 0.717) is 0 Å². The molecule has 2 radical (unpaired) electrons. The van der Waals surface area contributed by atoms with Crippen LogP contribution in [0.25, 0.3) is 0 Å². The Morgan fingerprint density at radius 3 is 2.29 bits per heavy atom. The summed E-state index contributed by atoms with van der Waals surface area (Å²) in [4.78, 5) is 0. The molecule has 0 unspecified atom stereocenters. The monoisotopic (exact) mass is 110 g/mol. The largest absolute Gasteiger partial charge is 0.870 e. The Kier molecular flexibility index (Phi) is 8.51. The molecule has 3 N–H and O–H groups in total. The smallest absolute Gasteiger partial charge is 0.192 e. The Balaban J connectivity index is 0. The van der Waals surface area contributed by atoms with Crippen LogP contribution in [0.1, 0.15) is 0 Å². The summed E-state index contributed by atoms with van der Waals surface area (Å²) in [5.74, 6) is 0. The van der Waals surface area contributed by atoms with Crippen molar-refractivity contribution in [2.24, 2.45) is 0 Å². The van der Waals surface area contributed by atoms with Gasteiger partial charge in [0.15, 0.2) is 6.20 Å². The van der Waals surface area contributed by atoms with Crippen LogP contribution in [-0.2, 0) is 0 Å². The third-order valence-corrected chi connectivity index (χ3v) is 0.442. The van der Waals surface area contributed by atoms with Crippen LogP contribution in [0.15, 0.2) is 18.5 Å². The molecule has 0 saturated carbocycles. The van der Waals surface area contributed by atoms with Gasteiger partial charge in [-0.3, -0.25) is 0 Å². The second kappa shape index (κ2) is 5.94. The highest BCUT2D eigenvalue weighted by Gasteiger charge is 1.64. The number of H-pyrrole nitrogens is 2. The Morgan fingerprint density at radius 1 is 1.43 bits per heavy atom. The van der Waals surface area contributed by atoms with Crippen molar-refractivity contribution in [3.63, 3.8) is 0 Å². The number of aromatic amines is 2. The Bertz CT molecular complexity index is 69.4. The van der Waals surface area contributed by atoms with E-state index in [1.165, 1.54) is 0 Å². The van der Waals surface area contributed by atoms with Gasteiger partial charge in [-0.1, -0.05) is 0 Å². The Hall–Kier alpha value is -0.0638. The van der Waals surface area contributed by atoms with Gasteiger partial charge in [-0.2, -0.15) is 5.10 Å². The average molecular weight is 110 g/mol. The lowest BCUT2D eigenvalue weighted by molar-refractivity contribution is -0.449. The van der Waals surface area contributed by atoms with Crippen LogP contribution >= 0.6 is 0 Å². The summed E-state index contributed by atoms with van der Waals surface area (Å²) in [6.07, 6.45) is 3.64. The highest BCUT2D eigenvalue weighted by molar-refractivity contribution is 5.75. The normalized spacial score (nSPS) is 5.71. The van der Waals surface area contributed by atoms with E-state index in [9.17, 15) is 0 Å². The van der Waals surface area contributed by atoms with E-state index in [4.69, 9.17) is 0 Å². The average Bonchev–Trinajstić information content (AvgIpc) is 1.76. The minimum absolute atomic E-state index is 0. The van der Waals surface area contributed by atoms with Crippen molar-refractivity contribution in [2.75, 3.05) is 0 Å². The highest BCUT2D eigenvalue weighted by atomic mass is 24.3. The fourth-order valence-electron chi connectivity index (χ4n) is 0.241. The van der Waals surface area contributed by atoms with Gasteiger partial charge >= 0.3 is 0 Å². The maximum atomic E-state index is 2.74. The summed E-state index contributed by atoms with van der Waals surface area (Å²) in [5.41, 5.74) is 0. The summed E-state index contributed by atoms with van der Waals surface area (Å²) >= 11 is 0. The predicted octanol–water partition coefficient (Wildman–Crippen LogP) is -0.729. The molecule has 3 nitrogen and oxygen atoms in total. The van der Waals surface area contributed by atoms with Gasteiger partial charge in [0.1, 0.15) is 0 Å². The zero-order chi connectivity index (χ0) is 3.54. The molecule has 0 aliphatic rings. The molecule has 0 aliphatic carbocycles. The van der Waals surface area contributed by atoms with E-state index in [-0.39, 0.29) is 28.5 Å². The molecule has 1 aromatic rings. The Morgan fingerprint density at radius 2 is 2.14 bits per heavy atom. The molecule has 1 rings (SSSR count). The SMILES string of the molecule is [Mg].[OH-].c1c[nH][nH+]c1. The minimum Gasteiger partial charge on any atom is -0.870 e. The van der Waals surface area contributed by atoms with Gasteiger partial charge in [0, 0.05) is 29.1 Å². The van der Waals surface area contributed by atoms with E-state index in [0.717, 1.165) is 0 Å². The zero-order valence-electron chi connectivity index (χ0n) is 3.89. The first-order valence-corrected chi connectivity index (χ1v) is 1.49. The molecule has 1 aromatic heterocycles. The van der Waals surface area contributed by atoms with Crippen molar-refractivity contribution in [3.05, 3.63) is 18.5 Å². The molecule has 0 spiro atoms. The molecule has 4 heteroatoms. The van der Waals surface area contributed by atoms with Crippen molar-refractivity contribution in [1.82, 2.24) is 5.10 Å². The fraction of sp³-hybridized carbons (Fsp3) is 0. The quantitative estimate of drug-likeness (QED) is 0.440. The third-order valence-electron chi connectivity index (χ3n) is 0.442. The van der Waals surface area contributed by atoms with Crippen molar-refractivity contribution in [3.8, 4) is 0 Å². The van der Waals surface area contributed by atoms with Crippen LogP contribution in [0.5, 0.6) is 0 Å². The molecule has 1 heterocycles. The van der Waals surface area contributed by atoms with Gasteiger partial charge in [0.2, 0.25) is 0 Å². The molecule has 0 aliphatic heterocycles. The number of nitrogens with one attached hydrogen (secondary N) is 2. The van der Waals surface area contributed by atoms with Crippen LogP contribution < -0.4 is 5.10 Å². The zero-order valence-corrected chi connectivity index (χ0v) is 5.30. The molecular weight excluding hydrogens is 104 g/mol. The lowest BCUT2D eigenvalue weighted by Gasteiger charge is -1.41. The number of aromatic nitrogens is 2. The van der Waals surface area contributed by atoms with Crippen LogP contribution in [0.2, 0.25) is 0 Å². The van der Waals surface area contributed by atoms with E-state index in [2.05, 4.69) is 10.2 Å². The first-order valence-electron chi connectivity index (χ1n) is 1.49. The van der Waals surface area contributed by atoms with E-state index in [1.807, 2.05) is 18.5 Å². The second-order valence-corrected chi connectivity index (χ2v) is 0.814. The van der Waals surface area contributed by atoms with Crippen molar-refractivity contribution in [2.45, 2.75) is 0 Å². The predicted molar refractivity (Wildman–Crippen MR) is 25.0 cm³/mol. The second-order valence-electron chi connectivity index (χ2n) is 0.814. The van der Waals surface area contributed by atoms with Crippen molar-refractivity contribution >= 4 is 23.1 Å². The van der Waals surface area contributed by atoms with Gasteiger partial charge in [0.25, 0.3) is 0 Å². The number of rotatable bonds is 0. The molecule has 0 atom stereocenters. The van der Waals surface area contributed by atoms with Gasteiger partial charge in [-0.25, -0.2) is 0 Å². The standard InChI is InChI=1S/C3H4N2.Mg.H2O/c1-2-4-5-3-1;;/h1-3H,(H,4,5);;1H2. The fourth-order valence-corrected chi connectivity index (χ4v) is 0.241. The lowest BCUT2D eigenvalue weighted by Crippen LogP contribution is -1.95. The maximum Gasteiger partial charge on any atom is 0.192 e. The van der Waals surface area contributed by atoms with E-state index < -0.39 is 0 Å². The van der Waals surface area contributed by atoms with E-state index >= 15 is 0 Å². The summed E-state index contributed by atoms with van der Waals surface area (Å²) in [6, 6.07) is 1.89. The lowest BCUT2D eigenvalue weighted by atomic mass is 10.8. The van der Waals surface area contributed by atoms with Crippen molar-refractivity contribution < 1.29 is 10.6 Å². The van der Waals surface area contributed by atoms with Crippen molar-refractivity contribution in [1.29, 1.82) is 0 Å². The van der Waals surface area contributed by atoms with Crippen LogP contribution in [-0.4, -0.2) is 33.6 Å². The number of hydrogen-bond acceptors (Lipinski definition) is 1. The maximum absolute atomic E-state index is 2.74. The molecule has 0 bridgehead atoms. The summed E-state index contributed by atoms with van der Waals surface area (Å²) in [5, 5.41) is 5.47. The first-order chi connectivity index (χ1) is 2.50. The first kappa shape index (κ1) is 10.0. The molecular formula is C3H6MgN2O. The third kappa shape index (κ3) is 3.77. The molecule has 0 aromatic carbocycles. The highest BCUT2D eigenvalue weighted by Crippen LogP contribution is 1.57.